The first-order valence-electron chi connectivity index (χ1n) is 11.5. The number of morpholine rings is 1. The Hall–Kier alpha value is -3.55. The fourth-order valence-electron chi connectivity index (χ4n) is 3.68. The van der Waals surface area contributed by atoms with Crippen LogP contribution in [0.2, 0.25) is 0 Å². The maximum Gasteiger partial charge on any atom is 0.123 e. The van der Waals surface area contributed by atoms with Gasteiger partial charge in [-0.05, 0) is 35.4 Å². The zero-order chi connectivity index (χ0) is 23.6. The number of nitrogen functional groups attached to an aromatic ring is 1. The molecule has 0 unspecified atom stereocenters. The Morgan fingerprint density at radius 3 is 1.94 bits per heavy atom. The lowest BCUT2D eigenvalue weighted by Gasteiger charge is -2.26. The average Bonchev–Trinajstić information content (AvgIpc) is 2.88. The summed E-state index contributed by atoms with van der Waals surface area (Å²) in [5, 5.41) is 7.49. The highest BCUT2D eigenvalue weighted by Gasteiger charge is 2.10. The van der Waals surface area contributed by atoms with Gasteiger partial charge in [0.15, 0.2) is 0 Å². The third kappa shape index (κ3) is 6.97. The molecule has 178 valence electrons. The largest absolute Gasteiger partial charge is 0.492 e. The van der Waals surface area contributed by atoms with E-state index in [1.54, 1.807) is 0 Å². The Labute approximate surface area is 200 Å². The van der Waals surface area contributed by atoms with E-state index in [-0.39, 0.29) is 5.84 Å². The van der Waals surface area contributed by atoms with Gasteiger partial charge < -0.3 is 24.7 Å². The van der Waals surface area contributed by atoms with Crippen molar-refractivity contribution in [3.63, 3.8) is 0 Å². The number of hydrogen-bond acceptors (Lipinski definition) is 6. The van der Waals surface area contributed by atoms with Crippen LogP contribution in [0.15, 0.2) is 72.8 Å². The predicted molar refractivity (Wildman–Crippen MR) is 133 cm³/mol. The molecular formula is C27H31N3O4. The lowest BCUT2D eigenvalue weighted by Crippen LogP contribution is -2.38. The number of nitrogens with one attached hydrogen (secondary N) is 1. The van der Waals surface area contributed by atoms with Crippen LogP contribution in [0.1, 0.15) is 5.56 Å². The Kier molecular flexibility index (Phi) is 8.38. The van der Waals surface area contributed by atoms with Crippen LogP contribution in [-0.2, 0) is 4.74 Å². The van der Waals surface area contributed by atoms with E-state index in [0.717, 1.165) is 61.2 Å². The van der Waals surface area contributed by atoms with E-state index in [1.165, 1.54) is 0 Å². The van der Waals surface area contributed by atoms with E-state index in [2.05, 4.69) is 4.90 Å². The first-order chi connectivity index (χ1) is 16.7. The molecule has 0 aromatic heterocycles. The van der Waals surface area contributed by atoms with Gasteiger partial charge in [-0.2, -0.15) is 0 Å². The molecule has 3 N–H and O–H groups in total. The summed E-state index contributed by atoms with van der Waals surface area (Å²) in [6.45, 7) is 5.93. The van der Waals surface area contributed by atoms with Crippen LogP contribution in [0.4, 0.5) is 0 Å². The lowest BCUT2D eigenvalue weighted by atomic mass is 10.0. The van der Waals surface area contributed by atoms with Gasteiger partial charge in [0, 0.05) is 31.3 Å². The van der Waals surface area contributed by atoms with E-state index in [1.807, 2.05) is 72.8 Å². The van der Waals surface area contributed by atoms with Crippen LogP contribution in [-0.4, -0.2) is 63.4 Å². The number of amidine groups is 1. The second-order valence-corrected chi connectivity index (χ2v) is 7.99. The van der Waals surface area contributed by atoms with Crippen molar-refractivity contribution in [3.05, 3.63) is 78.4 Å². The summed E-state index contributed by atoms with van der Waals surface area (Å²) >= 11 is 0. The molecule has 3 aromatic carbocycles. The maximum absolute atomic E-state index is 7.49. The number of ether oxygens (including phenoxy) is 4. The highest BCUT2D eigenvalue weighted by Crippen LogP contribution is 2.23. The molecule has 1 fully saturated rings. The van der Waals surface area contributed by atoms with Crippen LogP contribution in [0, 0.1) is 5.41 Å². The predicted octanol–water partition coefficient (Wildman–Crippen LogP) is 3.81. The smallest absolute Gasteiger partial charge is 0.123 e. The summed E-state index contributed by atoms with van der Waals surface area (Å²) in [5.41, 5.74) is 8.37. The van der Waals surface area contributed by atoms with E-state index in [9.17, 15) is 0 Å². The minimum atomic E-state index is 0.0700. The van der Waals surface area contributed by atoms with Gasteiger partial charge in [-0.25, -0.2) is 0 Å². The molecule has 0 radical (unpaired) electrons. The SMILES string of the molecule is N=C(N)c1ccc(-c2ccc(OCCOc3cccc(OCCN4CCOCC4)c3)cc2)cc1. The highest BCUT2D eigenvalue weighted by molar-refractivity contribution is 5.95. The molecule has 0 aliphatic carbocycles. The molecule has 4 rings (SSSR count). The minimum Gasteiger partial charge on any atom is -0.492 e. The summed E-state index contributed by atoms with van der Waals surface area (Å²) in [5.74, 6) is 2.42. The van der Waals surface area contributed by atoms with E-state index in [4.69, 9.17) is 30.1 Å². The topological polar surface area (TPSA) is 90.0 Å². The van der Waals surface area contributed by atoms with E-state index < -0.39 is 0 Å². The van der Waals surface area contributed by atoms with Crippen molar-refractivity contribution in [3.8, 4) is 28.4 Å². The van der Waals surface area contributed by atoms with Crippen molar-refractivity contribution in [2.45, 2.75) is 0 Å². The molecule has 34 heavy (non-hydrogen) atoms. The third-order valence-electron chi connectivity index (χ3n) is 5.59. The third-order valence-corrected chi connectivity index (χ3v) is 5.59. The number of nitrogens with zero attached hydrogens (tertiary/aromatic N) is 1. The molecule has 7 nitrogen and oxygen atoms in total. The molecule has 0 saturated carbocycles. The molecule has 0 atom stereocenters. The Balaban J connectivity index is 1.18. The fraction of sp³-hybridized carbons (Fsp3) is 0.296. The van der Waals surface area contributed by atoms with Crippen molar-refractivity contribution in [1.82, 2.24) is 4.90 Å². The standard InChI is InChI=1S/C27H31N3O4/c28-27(29)23-6-4-21(5-7-23)22-8-10-24(11-9-22)33-18-19-34-26-3-1-2-25(20-26)32-17-14-30-12-15-31-16-13-30/h1-11,20H,12-19H2,(H3,28,29). The zero-order valence-electron chi connectivity index (χ0n) is 19.2. The number of rotatable bonds is 11. The van der Waals surface area contributed by atoms with Gasteiger partial charge >= 0.3 is 0 Å². The summed E-state index contributed by atoms with van der Waals surface area (Å²) < 4.78 is 22.9. The Bertz CT molecular complexity index is 1050. The molecule has 0 bridgehead atoms. The second kappa shape index (κ2) is 12.1. The highest BCUT2D eigenvalue weighted by atomic mass is 16.5. The molecule has 3 aromatic rings. The van der Waals surface area contributed by atoms with Gasteiger partial charge in [-0.3, -0.25) is 10.3 Å². The van der Waals surface area contributed by atoms with Crippen LogP contribution in [0.5, 0.6) is 17.2 Å². The zero-order valence-corrected chi connectivity index (χ0v) is 19.2. The van der Waals surface area contributed by atoms with Crippen LogP contribution < -0.4 is 19.9 Å². The van der Waals surface area contributed by atoms with Crippen molar-refractivity contribution >= 4 is 5.84 Å². The first-order valence-corrected chi connectivity index (χ1v) is 11.5. The summed E-state index contributed by atoms with van der Waals surface area (Å²) in [6.07, 6.45) is 0. The average molecular weight is 462 g/mol. The van der Waals surface area contributed by atoms with Crippen molar-refractivity contribution < 1.29 is 18.9 Å². The Morgan fingerprint density at radius 1 is 0.765 bits per heavy atom. The van der Waals surface area contributed by atoms with Gasteiger partial charge in [0.1, 0.15) is 42.9 Å². The van der Waals surface area contributed by atoms with Crippen molar-refractivity contribution in [2.24, 2.45) is 5.73 Å². The number of nitrogens with two attached hydrogens (primary N) is 1. The molecule has 1 heterocycles. The molecular weight excluding hydrogens is 430 g/mol. The van der Waals surface area contributed by atoms with Crippen molar-refractivity contribution in [1.29, 1.82) is 5.41 Å². The molecule has 0 spiro atoms. The molecule has 7 heteroatoms. The number of hydrogen-bond donors (Lipinski definition) is 2. The lowest BCUT2D eigenvalue weighted by molar-refractivity contribution is 0.0322. The maximum atomic E-state index is 7.49. The number of benzene rings is 3. The van der Waals surface area contributed by atoms with Gasteiger partial charge in [0.05, 0.1) is 13.2 Å². The van der Waals surface area contributed by atoms with Crippen LogP contribution >= 0.6 is 0 Å². The first kappa shape index (κ1) is 23.6. The monoisotopic (exact) mass is 461 g/mol. The minimum absolute atomic E-state index is 0.0700. The van der Waals surface area contributed by atoms with Crippen LogP contribution in [0.25, 0.3) is 11.1 Å². The molecule has 0 amide bonds. The van der Waals surface area contributed by atoms with E-state index >= 15 is 0 Å². The van der Waals surface area contributed by atoms with Gasteiger partial charge in [0.2, 0.25) is 0 Å². The summed E-state index contributed by atoms with van der Waals surface area (Å²) in [4.78, 5) is 2.35. The van der Waals surface area contributed by atoms with Crippen molar-refractivity contribution in [2.75, 3.05) is 52.7 Å². The van der Waals surface area contributed by atoms with Crippen LogP contribution in [0.3, 0.4) is 0 Å². The second-order valence-electron chi connectivity index (χ2n) is 7.99. The van der Waals surface area contributed by atoms with E-state index in [0.29, 0.717) is 25.4 Å². The molecule has 1 aliphatic rings. The summed E-state index contributed by atoms with van der Waals surface area (Å²) in [6, 6.07) is 23.2. The summed E-state index contributed by atoms with van der Waals surface area (Å²) in [7, 11) is 0. The normalized spacial score (nSPS) is 13.9. The van der Waals surface area contributed by atoms with Gasteiger partial charge in [-0.1, -0.05) is 42.5 Å². The molecule has 1 aliphatic heterocycles. The quantitative estimate of drug-likeness (QED) is 0.256. The van der Waals surface area contributed by atoms with Gasteiger partial charge in [-0.15, -0.1) is 0 Å². The Morgan fingerprint density at radius 2 is 1.32 bits per heavy atom. The van der Waals surface area contributed by atoms with Gasteiger partial charge in [0.25, 0.3) is 0 Å². The molecule has 1 saturated heterocycles. The fourth-order valence-corrected chi connectivity index (χ4v) is 3.68.